The molecule has 0 heterocycles. The minimum absolute atomic E-state index is 0.113. The van der Waals surface area contributed by atoms with E-state index in [1.54, 1.807) is 0 Å². The summed E-state index contributed by atoms with van der Waals surface area (Å²) in [6, 6.07) is 2.95. The number of alkyl halides is 1. The Hall–Kier alpha value is -1.52. The maximum atomic E-state index is 14.1. The summed E-state index contributed by atoms with van der Waals surface area (Å²) < 4.78 is 45.2. The summed E-state index contributed by atoms with van der Waals surface area (Å²) in [5.74, 6) is -1.96. The lowest BCUT2D eigenvalue weighted by Gasteiger charge is -2.22. The summed E-state index contributed by atoms with van der Waals surface area (Å²) in [4.78, 5) is 11.2. The summed E-state index contributed by atoms with van der Waals surface area (Å²) in [7, 11) is 0. The van der Waals surface area contributed by atoms with Crippen LogP contribution in [0.5, 0.6) is 5.75 Å². The molecule has 0 atom stereocenters. The molecule has 1 aromatic carbocycles. The van der Waals surface area contributed by atoms with Crippen LogP contribution >= 0.6 is 0 Å². The lowest BCUT2D eigenvalue weighted by atomic mass is 9.83. The smallest absolute Gasteiger partial charge is 0.200 e. The number of unbranched alkanes of at least 4 members (excludes halogenated alkanes) is 1. The lowest BCUT2D eigenvalue weighted by molar-refractivity contribution is -0.120. The van der Waals surface area contributed by atoms with Crippen molar-refractivity contribution in [2.24, 2.45) is 0 Å². The van der Waals surface area contributed by atoms with Crippen LogP contribution in [0.2, 0.25) is 0 Å². The Kier molecular flexibility index (Phi) is 5.65. The van der Waals surface area contributed by atoms with E-state index in [1.807, 2.05) is 0 Å². The van der Waals surface area contributed by atoms with Gasteiger partial charge in [0.05, 0.1) is 13.3 Å². The van der Waals surface area contributed by atoms with Crippen molar-refractivity contribution >= 4 is 5.78 Å². The van der Waals surface area contributed by atoms with Gasteiger partial charge in [-0.1, -0.05) is 6.07 Å². The minimum Gasteiger partial charge on any atom is -0.490 e. The van der Waals surface area contributed by atoms with Gasteiger partial charge in [-0.05, 0) is 43.2 Å². The van der Waals surface area contributed by atoms with Gasteiger partial charge in [-0.2, -0.15) is 4.39 Å². The number of rotatable bonds is 6. The van der Waals surface area contributed by atoms with E-state index in [2.05, 4.69) is 0 Å². The molecule has 2 rings (SSSR count). The molecule has 2 nitrogen and oxygen atoms in total. The monoisotopic (exact) mass is 300 g/mol. The molecule has 1 saturated carbocycles. The molecule has 0 radical (unpaired) electrons. The van der Waals surface area contributed by atoms with Crippen molar-refractivity contribution in [3.63, 3.8) is 0 Å². The highest BCUT2D eigenvalue weighted by molar-refractivity contribution is 5.79. The van der Waals surface area contributed by atoms with Crippen molar-refractivity contribution < 1.29 is 22.7 Å². The molecular formula is C16H19F3O2. The Morgan fingerprint density at radius 1 is 1.10 bits per heavy atom. The fourth-order valence-corrected chi connectivity index (χ4v) is 2.60. The van der Waals surface area contributed by atoms with Crippen LogP contribution in [0.25, 0.3) is 0 Å². The first-order valence-electron chi connectivity index (χ1n) is 7.32. The van der Waals surface area contributed by atoms with E-state index in [9.17, 15) is 18.0 Å². The average Bonchev–Trinajstić information content (AvgIpc) is 2.49. The van der Waals surface area contributed by atoms with Gasteiger partial charge in [0.15, 0.2) is 11.6 Å². The maximum Gasteiger partial charge on any atom is 0.200 e. The average molecular weight is 300 g/mol. The van der Waals surface area contributed by atoms with Crippen molar-refractivity contribution in [3.05, 3.63) is 29.3 Å². The number of hydrogen-bond donors (Lipinski definition) is 0. The molecule has 1 aliphatic rings. The summed E-state index contributed by atoms with van der Waals surface area (Å²) in [5.41, 5.74) is 0.316. The van der Waals surface area contributed by atoms with Crippen LogP contribution in [0.15, 0.2) is 12.1 Å². The predicted octanol–water partition coefficient (Wildman–Crippen LogP) is 4.32. The number of ether oxygens (including phenoxy) is 1. The Morgan fingerprint density at radius 2 is 1.81 bits per heavy atom. The molecule has 116 valence electrons. The number of carbonyl (C=O) groups excluding carboxylic acids is 1. The molecule has 5 heteroatoms. The van der Waals surface area contributed by atoms with E-state index >= 15 is 0 Å². The third-order valence-electron chi connectivity index (χ3n) is 3.85. The quantitative estimate of drug-likeness (QED) is 0.731. The summed E-state index contributed by atoms with van der Waals surface area (Å²) in [6.45, 7) is -0.281. The lowest BCUT2D eigenvalue weighted by Crippen LogP contribution is -2.14. The first kappa shape index (κ1) is 15.9. The third kappa shape index (κ3) is 3.99. The van der Waals surface area contributed by atoms with E-state index in [4.69, 9.17) is 4.74 Å². The molecule has 0 N–H and O–H groups in total. The zero-order valence-electron chi connectivity index (χ0n) is 11.8. The second-order valence-corrected chi connectivity index (χ2v) is 5.34. The Morgan fingerprint density at radius 3 is 2.48 bits per heavy atom. The fraction of sp³-hybridized carbons (Fsp3) is 0.562. The molecule has 0 aliphatic heterocycles. The van der Waals surface area contributed by atoms with Gasteiger partial charge in [0, 0.05) is 12.8 Å². The Labute approximate surface area is 122 Å². The number of benzene rings is 1. The van der Waals surface area contributed by atoms with Crippen LogP contribution in [-0.2, 0) is 4.79 Å². The Balaban J connectivity index is 2.04. The van der Waals surface area contributed by atoms with Gasteiger partial charge in [0.2, 0.25) is 5.82 Å². The first-order chi connectivity index (χ1) is 10.1. The molecule has 0 saturated heterocycles. The van der Waals surface area contributed by atoms with Crippen molar-refractivity contribution in [2.45, 2.75) is 44.4 Å². The SMILES string of the molecule is O=C1CCC(c2ccc(OCCCCF)c(F)c2F)CC1. The van der Waals surface area contributed by atoms with E-state index in [0.29, 0.717) is 44.1 Å². The molecule has 1 aromatic rings. The van der Waals surface area contributed by atoms with Crippen LogP contribution < -0.4 is 4.74 Å². The number of ketones is 1. The zero-order valence-corrected chi connectivity index (χ0v) is 11.8. The van der Waals surface area contributed by atoms with Crippen LogP contribution in [0, 0.1) is 11.6 Å². The molecule has 0 bridgehead atoms. The molecule has 0 spiro atoms. The molecule has 0 aromatic heterocycles. The van der Waals surface area contributed by atoms with Gasteiger partial charge < -0.3 is 4.74 Å². The highest BCUT2D eigenvalue weighted by Gasteiger charge is 2.25. The van der Waals surface area contributed by atoms with Crippen molar-refractivity contribution in [1.29, 1.82) is 0 Å². The molecule has 0 unspecified atom stereocenters. The maximum absolute atomic E-state index is 14.1. The second-order valence-electron chi connectivity index (χ2n) is 5.34. The number of hydrogen-bond acceptors (Lipinski definition) is 2. The predicted molar refractivity (Wildman–Crippen MR) is 73.3 cm³/mol. The van der Waals surface area contributed by atoms with Gasteiger partial charge >= 0.3 is 0 Å². The highest BCUT2D eigenvalue weighted by Crippen LogP contribution is 2.35. The molecule has 0 amide bonds. The normalized spacial score (nSPS) is 16.2. The number of Topliss-reactive ketones (excluding diaryl/α,β-unsaturated/α-hetero) is 1. The summed E-state index contributed by atoms with van der Waals surface area (Å²) in [5, 5.41) is 0. The van der Waals surface area contributed by atoms with Gasteiger partial charge in [-0.25, -0.2) is 4.39 Å². The Bertz CT molecular complexity index is 493. The summed E-state index contributed by atoms with van der Waals surface area (Å²) >= 11 is 0. The largest absolute Gasteiger partial charge is 0.490 e. The van der Waals surface area contributed by atoms with Gasteiger partial charge in [-0.15, -0.1) is 0 Å². The molecular weight excluding hydrogens is 281 g/mol. The zero-order chi connectivity index (χ0) is 15.2. The molecule has 1 fully saturated rings. The third-order valence-corrected chi connectivity index (χ3v) is 3.85. The standard InChI is InChI=1S/C16H19F3O2/c17-9-1-2-10-21-14-8-7-13(15(18)16(14)19)11-3-5-12(20)6-4-11/h7-8,11H,1-6,9-10H2. The first-order valence-corrected chi connectivity index (χ1v) is 7.32. The topological polar surface area (TPSA) is 26.3 Å². The van der Waals surface area contributed by atoms with Crippen LogP contribution in [0.3, 0.4) is 0 Å². The van der Waals surface area contributed by atoms with Gasteiger partial charge in [-0.3, -0.25) is 9.18 Å². The van der Waals surface area contributed by atoms with Crippen LogP contribution in [-0.4, -0.2) is 19.1 Å². The van der Waals surface area contributed by atoms with Gasteiger partial charge in [0.25, 0.3) is 0 Å². The summed E-state index contributed by atoms with van der Waals surface area (Å²) in [6.07, 6.45) is 2.78. The van der Waals surface area contributed by atoms with Crippen molar-refractivity contribution in [3.8, 4) is 5.75 Å². The van der Waals surface area contributed by atoms with Crippen molar-refractivity contribution in [1.82, 2.24) is 0 Å². The highest BCUT2D eigenvalue weighted by atomic mass is 19.2. The van der Waals surface area contributed by atoms with Gasteiger partial charge in [0.1, 0.15) is 5.78 Å². The van der Waals surface area contributed by atoms with Crippen molar-refractivity contribution in [2.75, 3.05) is 13.3 Å². The minimum atomic E-state index is -0.996. The van der Waals surface area contributed by atoms with E-state index in [0.717, 1.165) is 0 Å². The number of halogens is 3. The number of carbonyl (C=O) groups is 1. The fourth-order valence-electron chi connectivity index (χ4n) is 2.60. The van der Waals surface area contributed by atoms with E-state index in [1.165, 1.54) is 12.1 Å². The molecule has 21 heavy (non-hydrogen) atoms. The van der Waals surface area contributed by atoms with Crippen LogP contribution in [0.4, 0.5) is 13.2 Å². The van der Waals surface area contributed by atoms with E-state index in [-0.39, 0.29) is 24.1 Å². The molecule has 1 aliphatic carbocycles. The van der Waals surface area contributed by atoms with Crippen LogP contribution in [0.1, 0.15) is 50.0 Å². The second kappa shape index (κ2) is 7.48. The van der Waals surface area contributed by atoms with E-state index < -0.39 is 18.3 Å².